The fraction of sp³-hybridized carbons (Fsp3) is 0.333. The fourth-order valence-corrected chi connectivity index (χ4v) is 3.38. The van der Waals surface area contributed by atoms with Gasteiger partial charge in [-0.25, -0.2) is 4.79 Å². The molecule has 3 rings (SSSR count). The lowest BCUT2D eigenvalue weighted by molar-refractivity contribution is 0.0963. The number of ether oxygens (including phenoxy) is 2. The topological polar surface area (TPSA) is 79.9 Å². The molecule has 0 aromatic heterocycles. The van der Waals surface area contributed by atoms with Crippen molar-refractivity contribution in [2.45, 2.75) is 12.3 Å². The zero-order valence-corrected chi connectivity index (χ0v) is 16.3. The Morgan fingerprint density at radius 2 is 1.75 bits per heavy atom. The minimum absolute atomic E-state index is 0.143. The Hall–Kier alpha value is -3.22. The first kappa shape index (κ1) is 19.5. The maximum atomic E-state index is 12.6. The number of carbonyl (C=O) groups excluding carboxylic acids is 2. The molecule has 1 saturated heterocycles. The van der Waals surface area contributed by atoms with Crippen LogP contribution in [0.25, 0.3) is 0 Å². The van der Waals surface area contributed by atoms with Gasteiger partial charge in [0.05, 0.1) is 14.2 Å². The normalized spacial score (nSPS) is 15.8. The van der Waals surface area contributed by atoms with Crippen molar-refractivity contribution < 1.29 is 19.1 Å². The predicted molar refractivity (Wildman–Crippen MR) is 107 cm³/mol. The van der Waals surface area contributed by atoms with Crippen molar-refractivity contribution in [3.05, 3.63) is 53.6 Å². The summed E-state index contributed by atoms with van der Waals surface area (Å²) in [5.74, 6) is 1.48. The molecule has 1 heterocycles. The molecule has 0 saturated carbocycles. The molecule has 7 heteroatoms. The van der Waals surface area contributed by atoms with Gasteiger partial charge in [0.25, 0.3) is 5.91 Å². The van der Waals surface area contributed by atoms with Crippen LogP contribution in [0, 0.1) is 0 Å². The molecule has 1 aliphatic heterocycles. The summed E-state index contributed by atoms with van der Waals surface area (Å²) in [7, 11) is 4.81. The standard InChI is InChI=1S/C21H25N3O4/c1-22-20(25)14-4-7-17(8-5-14)23-21(26)24-11-10-16(13-24)15-6-9-18(27-2)19(12-15)28-3/h4-9,12,16H,10-11,13H2,1-3H3,(H,22,25)(H,23,26). The highest BCUT2D eigenvalue weighted by molar-refractivity contribution is 5.95. The summed E-state index contributed by atoms with van der Waals surface area (Å²) in [5, 5.41) is 5.46. The van der Waals surface area contributed by atoms with Crippen LogP contribution >= 0.6 is 0 Å². The van der Waals surface area contributed by atoms with Gasteiger partial charge in [0.2, 0.25) is 0 Å². The fourth-order valence-electron chi connectivity index (χ4n) is 3.38. The number of methoxy groups -OCH3 is 2. The van der Waals surface area contributed by atoms with E-state index in [1.165, 1.54) is 0 Å². The van der Waals surface area contributed by atoms with Crippen LogP contribution in [0.1, 0.15) is 28.3 Å². The van der Waals surface area contributed by atoms with E-state index < -0.39 is 0 Å². The van der Waals surface area contributed by atoms with E-state index in [2.05, 4.69) is 10.6 Å². The zero-order valence-electron chi connectivity index (χ0n) is 16.3. The average Bonchev–Trinajstić information content (AvgIpc) is 3.23. The number of hydrogen-bond donors (Lipinski definition) is 2. The summed E-state index contributed by atoms with van der Waals surface area (Å²) < 4.78 is 10.7. The summed E-state index contributed by atoms with van der Waals surface area (Å²) >= 11 is 0. The number of nitrogens with one attached hydrogen (secondary N) is 2. The summed E-state index contributed by atoms with van der Waals surface area (Å²) in [6.07, 6.45) is 0.887. The number of urea groups is 1. The van der Waals surface area contributed by atoms with Crippen molar-refractivity contribution in [2.75, 3.05) is 39.7 Å². The van der Waals surface area contributed by atoms with Gasteiger partial charge in [-0.05, 0) is 48.4 Å². The molecule has 1 unspecified atom stereocenters. The van der Waals surface area contributed by atoms with Gasteiger partial charge in [0, 0.05) is 37.3 Å². The van der Waals surface area contributed by atoms with E-state index in [4.69, 9.17) is 9.47 Å². The van der Waals surface area contributed by atoms with Gasteiger partial charge in [-0.1, -0.05) is 6.07 Å². The Morgan fingerprint density at radius 3 is 2.39 bits per heavy atom. The maximum Gasteiger partial charge on any atom is 0.321 e. The van der Waals surface area contributed by atoms with Crippen LogP contribution < -0.4 is 20.1 Å². The Labute approximate surface area is 164 Å². The predicted octanol–water partition coefficient (Wildman–Crippen LogP) is 3.08. The first-order valence-corrected chi connectivity index (χ1v) is 9.15. The number of hydrogen-bond acceptors (Lipinski definition) is 4. The minimum Gasteiger partial charge on any atom is -0.493 e. The largest absolute Gasteiger partial charge is 0.493 e. The minimum atomic E-state index is -0.157. The number of nitrogens with zero attached hydrogens (tertiary/aromatic N) is 1. The van der Waals surface area contributed by atoms with Gasteiger partial charge in [-0.15, -0.1) is 0 Å². The first-order valence-electron chi connectivity index (χ1n) is 9.15. The van der Waals surface area contributed by atoms with Gasteiger partial charge in [-0.3, -0.25) is 4.79 Å². The molecule has 0 bridgehead atoms. The Kier molecular flexibility index (Phi) is 6.03. The van der Waals surface area contributed by atoms with E-state index in [1.54, 1.807) is 50.4 Å². The molecule has 2 aromatic rings. The van der Waals surface area contributed by atoms with E-state index in [0.717, 1.165) is 12.0 Å². The van der Waals surface area contributed by atoms with E-state index in [0.29, 0.717) is 35.8 Å². The SMILES string of the molecule is CNC(=O)c1ccc(NC(=O)N2CCC(c3ccc(OC)c(OC)c3)C2)cc1. The van der Waals surface area contributed by atoms with Crippen molar-refractivity contribution in [3.8, 4) is 11.5 Å². The van der Waals surface area contributed by atoms with Crippen LogP contribution in [-0.2, 0) is 0 Å². The lowest BCUT2D eigenvalue weighted by atomic mass is 9.98. The Balaban J connectivity index is 1.62. The van der Waals surface area contributed by atoms with Gasteiger partial charge in [0.15, 0.2) is 11.5 Å². The highest BCUT2D eigenvalue weighted by atomic mass is 16.5. The van der Waals surface area contributed by atoms with Crippen molar-refractivity contribution >= 4 is 17.6 Å². The van der Waals surface area contributed by atoms with Gasteiger partial charge in [0.1, 0.15) is 0 Å². The summed E-state index contributed by atoms with van der Waals surface area (Å²) in [5.41, 5.74) is 2.34. The lowest BCUT2D eigenvalue weighted by Crippen LogP contribution is -2.32. The van der Waals surface area contributed by atoms with Crippen molar-refractivity contribution in [2.24, 2.45) is 0 Å². The summed E-state index contributed by atoms with van der Waals surface area (Å²) in [6, 6.07) is 12.6. The third kappa shape index (κ3) is 4.19. The number of rotatable bonds is 5. The van der Waals surface area contributed by atoms with Crippen LogP contribution in [0.3, 0.4) is 0 Å². The lowest BCUT2D eigenvalue weighted by Gasteiger charge is -2.18. The molecule has 148 valence electrons. The second-order valence-corrected chi connectivity index (χ2v) is 6.63. The number of likely N-dealkylation sites (tertiary alicyclic amines) is 1. The van der Waals surface area contributed by atoms with Crippen LogP contribution in [0.15, 0.2) is 42.5 Å². The number of amides is 3. The second-order valence-electron chi connectivity index (χ2n) is 6.63. The molecule has 2 N–H and O–H groups in total. The second kappa shape index (κ2) is 8.65. The molecular formula is C21H25N3O4. The molecule has 7 nitrogen and oxygen atoms in total. The molecule has 28 heavy (non-hydrogen) atoms. The van der Waals surface area contributed by atoms with Gasteiger partial charge in [-0.2, -0.15) is 0 Å². The zero-order chi connectivity index (χ0) is 20.1. The third-order valence-corrected chi connectivity index (χ3v) is 4.98. The Morgan fingerprint density at radius 1 is 1.04 bits per heavy atom. The Bertz CT molecular complexity index is 851. The van der Waals surface area contributed by atoms with Crippen LogP contribution in [0.2, 0.25) is 0 Å². The molecule has 2 aromatic carbocycles. The highest BCUT2D eigenvalue weighted by Gasteiger charge is 2.28. The summed E-state index contributed by atoms with van der Waals surface area (Å²) in [4.78, 5) is 26.0. The monoisotopic (exact) mass is 383 g/mol. The number of carbonyl (C=O) groups is 2. The van der Waals surface area contributed by atoms with Gasteiger partial charge < -0.3 is 25.0 Å². The molecule has 0 aliphatic carbocycles. The molecular weight excluding hydrogens is 358 g/mol. The molecule has 0 spiro atoms. The van der Waals surface area contributed by atoms with E-state index in [1.807, 2.05) is 18.2 Å². The van der Waals surface area contributed by atoms with E-state index >= 15 is 0 Å². The molecule has 1 aliphatic rings. The van der Waals surface area contributed by atoms with Crippen LogP contribution in [0.5, 0.6) is 11.5 Å². The van der Waals surface area contributed by atoms with Crippen LogP contribution in [-0.4, -0.2) is 51.2 Å². The highest BCUT2D eigenvalue weighted by Crippen LogP contribution is 2.34. The average molecular weight is 383 g/mol. The summed E-state index contributed by atoms with van der Waals surface area (Å²) in [6.45, 7) is 1.32. The third-order valence-electron chi connectivity index (χ3n) is 4.98. The van der Waals surface area contributed by atoms with E-state index in [-0.39, 0.29) is 17.9 Å². The molecule has 0 radical (unpaired) electrons. The molecule has 3 amide bonds. The smallest absolute Gasteiger partial charge is 0.321 e. The quantitative estimate of drug-likeness (QED) is 0.832. The van der Waals surface area contributed by atoms with Crippen LogP contribution in [0.4, 0.5) is 10.5 Å². The first-order chi connectivity index (χ1) is 13.5. The van der Waals surface area contributed by atoms with E-state index in [9.17, 15) is 9.59 Å². The number of anilines is 1. The van der Waals surface area contributed by atoms with Gasteiger partial charge >= 0.3 is 6.03 Å². The van der Waals surface area contributed by atoms with Crippen molar-refractivity contribution in [1.82, 2.24) is 10.2 Å². The molecule has 1 fully saturated rings. The maximum absolute atomic E-state index is 12.6. The van der Waals surface area contributed by atoms with Crippen molar-refractivity contribution in [3.63, 3.8) is 0 Å². The van der Waals surface area contributed by atoms with Crippen molar-refractivity contribution in [1.29, 1.82) is 0 Å². The molecule has 1 atom stereocenters. The number of benzene rings is 2.